The van der Waals surface area contributed by atoms with E-state index >= 15 is 0 Å². The van der Waals surface area contributed by atoms with Gasteiger partial charge in [-0.25, -0.2) is 4.98 Å². The molecule has 1 fully saturated rings. The molecule has 0 bridgehead atoms. The molecule has 2 amide bonds. The summed E-state index contributed by atoms with van der Waals surface area (Å²) < 4.78 is 11.0. The summed E-state index contributed by atoms with van der Waals surface area (Å²) in [6, 6.07) is 5.69. The molecule has 1 aromatic carbocycles. The Morgan fingerprint density at radius 3 is 2.85 bits per heavy atom. The predicted molar refractivity (Wildman–Crippen MR) is 98.7 cm³/mol. The molecule has 4 rings (SSSR count). The van der Waals surface area contributed by atoms with Gasteiger partial charge < -0.3 is 14.1 Å². The highest BCUT2D eigenvalue weighted by atomic mass is 16.5. The zero-order valence-corrected chi connectivity index (χ0v) is 15.6. The van der Waals surface area contributed by atoms with Crippen LogP contribution in [0.3, 0.4) is 0 Å². The van der Waals surface area contributed by atoms with Crippen LogP contribution in [0.2, 0.25) is 0 Å². The largest absolute Gasteiger partial charge is 0.482 e. The molecule has 7 heteroatoms. The maximum Gasteiger partial charge on any atom is 0.275 e. The number of hydrogen-bond donors (Lipinski definition) is 0. The second kappa shape index (κ2) is 7.06. The fourth-order valence-corrected chi connectivity index (χ4v) is 3.48. The number of likely N-dealkylation sites (tertiary alicyclic amines) is 1. The van der Waals surface area contributed by atoms with Gasteiger partial charge in [-0.3, -0.25) is 14.5 Å². The van der Waals surface area contributed by atoms with Crippen LogP contribution >= 0.6 is 0 Å². The van der Waals surface area contributed by atoms with Gasteiger partial charge >= 0.3 is 0 Å². The molecule has 27 heavy (non-hydrogen) atoms. The Labute approximate surface area is 157 Å². The number of oxazole rings is 1. The van der Waals surface area contributed by atoms with Crippen molar-refractivity contribution in [2.24, 2.45) is 5.92 Å². The van der Waals surface area contributed by atoms with Gasteiger partial charge in [0.1, 0.15) is 18.6 Å². The van der Waals surface area contributed by atoms with E-state index in [9.17, 15) is 9.59 Å². The van der Waals surface area contributed by atoms with Crippen molar-refractivity contribution in [3.05, 3.63) is 41.6 Å². The Kier molecular flexibility index (Phi) is 4.59. The normalized spacial score (nSPS) is 17.6. The van der Waals surface area contributed by atoms with Crippen molar-refractivity contribution in [1.82, 2.24) is 9.88 Å². The maximum absolute atomic E-state index is 12.6. The fourth-order valence-electron chi connectivity index (χ4n) is 3.48. The summed E-state index contributed by atoms with van der Waals surface area (Å²) in [4.78, 5) is 32.7. The number of hydrogen-bond acceptors (Lipinski definition) is 5. The average Bonchev–Trinajstić information content (AvgIpc) is 3.13. The number of anilines is 1. The van der Waals surface area contributed by atoms with Crippen LogP contribution in [-0.4, -0.2) is 41.4 Å². The van der Waals surface area contributed by atoms with Crippen molar-refractivity contribution in [1.29, 1.82) is 0 Å². The van der Waals surface area contributed by atoms with Gasteiger partial charge in [0.15, 0.2) is 12.3 Å². The van der Waals surface area contributed by atoms with Crippen LogP contribution in [0.15, 0.2) is 28.9 Å². The first-order valence-electron chi connectivity index (χ1n) is 9.29. The van der Waals surface area contributed by atoms with Gasteiger partial charge in [0, 0.05) is 13.1 Å². The molecule has 0 N–H and O–H groups in total. The number of fused-ring (bicyclic) bond motifs is 1. The van der Waals surface area contributed by atoms with E-state index in [0.717, 1.165) is 31.5 Å². The second-order valence-corrected chi connectivity index (χ2v) is 7.34. The summed E-state index contributed by atoms with van der Waals surface area (Å²) in [6.07, 6.45) is 3.40. The number of rotatable bonds is 3. The molecule has 0 atom stereocenters. The summed E-state index contributed by atoms with van der Waals surface area (Å²) in [5.41, 5.74) is 2.02. The van der Waals surface area contributed by atoms with Crippen molar-refractivity contribution in [3.63, 3.8) is 0 Å². The van der Waals surface area contributed by atoms with Crippen LogP contribution in [-0.2, 0) is 11.3 Å². The van der Waals surface area contributed by atoms with Crippen LogP contribution in [0.1, 0.15) is 41.7 Å². The molecule has 2 aromatic rings. The molecule has 0 aliphatic carbocycles. The molecule has 0 radical (unpaired) electrons. The number of aromatic nitrogens is 1. The van der Waals surface area contributed by atoms with Crippen LogP contribution in [0.25, 0.3) is 0 Å². The molecule has 2 aliphatic heterocycles. The fraction of sp³-hybridized carbons (Fsp3) is 0.450. The first-order chi connectivity index (χ1) is 13.0. The second-order valence-electron chi connectivity index (χ2n) is 7.34. The topological polar surface area (TPSA) is 75.9 Å². The minimum atomic E-state index is -0.163. The highest BCUT2D eigenvalue weighted by Gasteiger charge is 2.28. The van der Waals surface area contributed by atoms with Crippen LogP contribution in [0.5, 0.6) is 5.75 Å². The zero-order chi connectivity index (χ0) is 19.0. The zero-order valence-electron chi connectivity index (χ0n) is 15.6. The Hall–Kier alpha value is -2.83. The summed E-state index contributed by atoms with van der Waals surface area (Å²) in [5, 5.41) is 0. The first kappa shape index (κ1) is 17.6. The molecule has 0 spiro atoms. The van der Waals surface area contributed by atoms with E-state index in [1.54, 1.807) is 4.90 Å². The molecule has 0 saturated carbocycles. The van der Waals surface area contributed by atoms with Crippen LogP contribution < -0.4 is 9.64 Å². The monoisotopic (exact) mass is 369 g/mol. The lowest BCUT2D eigenvalue weighted by Gasteiger charge is -2.29. The number of nitrogens with zero attached hydrogens (tertiary/aromatic N) is 3. The van der Waals surface area contributed by atoms with Crippen LogP contribution in [0.4, 0.5) is 5.69 Å². The number of amides is 2. The Bertz CT molecular complexity index is 868. The van der Waals surface area contributed by atoms with Crippen molar-refractivity contribution in [2.45, 2.75) is 33.2 Å². The van der Waals surface area contributed by atoms with E-state index in [1.165, 1.54) is 6.26 Å². The minimum Gasteiger partial charge on any atom is -0.482 e. The van der Waals surface area contributed by atoms with Gasteiger partial charge in [-0.2, -0.15) is 0 Å². The number of aryl methyl sites for hydroxylation is 1. The van der Waals surface area contributed by atoms with E-state index < -0.39 is 0 Å². The quantitative estimate of drug-likeness (QED) is 0.832. The Morgan fingerprint density at radius 1 is 1.30 bits per heavy atom. The van der Waals surface area contributed by atoms with Gasteiger partial charge in [0.05, 0.1) is 5.69 Å². The lowest BCUT2D eigenvalue weighted by molar-refractivity contribution is -0.121. The molecular weight excluding hydrogens is 346 g/mol. The third-order valence-corrected chi connectivity index (χ3v) is 5.19. The van der Waals surface area contributed by atoms with Gasteiger partial charge in [-0.15, -0.1) is 0 Å². The molecular formula is C20H23N3O4. The van der Waals surface area contributed by atoms with Gasteiger partial charge in [0.2, 0.25) is 5.89 Å². The number of piperidine rings is 1. The van der Waals surface area contributed by atoms with Gasteiger partial charge in [0.25, 0.3) is 11.8 Å². The minimum absolute atomic E-state index is 0.0193. The molecule has 1 saturated heterocycles. The Balaban J connectivity index is 1.51. The van der Waals surface area contributed by atoms with E-state index in [2.05, 4.69) is 11.9 Å². The number of benzene rings is 1. The average molecular weight is 369 g/mol. The smallest absolute Gasteiger partial charge is 0.275 e. The number of carbonyl (C=O) groups is 2. The summed E-state index contributed by atoms with van der Waals surface area (Å²) in [5.74, 6) is 1.38. The van der Waals surface area contributed by atoms with E-state index in [-0.39, 0.29) is 25.0 Å². The van der Waals surface area contributed by atoms with Gasteiger partial charge in [-0.05, 0) is 43.4 Å². The van der Waals surface area contributed by atoms with Crippen molar-refractivity contribution in [2.75, 3.05) is 24.6 Å². The first-order valence-corrected chi connectivity index (χ1v) is 9.29. The number of carbonyl (C=O) groups excluding carboxylic acids is 2. The highest BCUT2D eigenvalue weighted by molar-refractivity contribution is 5.97. The SMILES string of the molecule is Cc1ccc2c(c1)N(Cc1nc(C(=O)N3CCC(C)CC3)co1)C(=O)CO2. The standard InChI is InChI=1S/C20H23N3O4/c1-13-5-7-22(8-6-13)20(25)15-11-27-18(21-15)10-23-16-9-14(2)3-4-17(16)26-12-19(23)24/h3-4,9,11,13H,5-8,10,12H2,1-2H3. The van der Waals surface area contributed by atoms with Gasteiger partial charge in [-0.1, -0.05) is 13.0 Å². The lowest BCUT2D eigenvalue weighted by Crippen LogP contribution is -2.39. The molecule has 0 unspecified atom stereocenters. The summed E-state index contributed by atoms with van der Waals surface area (Å²) >= 11 is 0. The molecule has 3 heterocycles. The third kappa shape index (κ3) is 3.54. The summed E-state index contributed by atoms with van der Waals surface area (Å²) in [6.45, 7) is 5.80. The molecule has 2 aliphatic rings. The summed E-state index contributed by atoms with van der Waals surface area (Å²) in [7, 11) is 0. The van der Waals surface area contributed by atoms with E-state index in [1.807, 2.05) is 30.0 Å². The lowest BCUT2D eigenvalue weighted by atomic mass is 9.99. The number of ether oxygens (including phenoxy) is 1. The Morgan fingerprint density at radius 2 is 2.07 bits per heavy atom. The van der Waals surface area contributed by atoms with Crippen molar-refractivity contribution in [3.8, 4) is 5.75 Å². The van der Waals surface area contributed by atoms with E-state index in [4.69, 9.17) is 9.15 Å². The molecule has 1 aromatic heterocycles. The maximum atomic E-state index is 12.6. The molecule has 142 valence electrons. The van der Waals surface area contributed by atoms with Crippen molar-refractivity contribution >= 4 is 17.5 Å². The highest BCUT2D eigenvalue weighted by Crippen LogP contribution is 2.33. The van der Waals surface area contributed by atoms with Crippen LogP contribution in [0, 0.1) is 12.8 Å². The molecule has 7 nitrogen and oxygen atoms in total. The van der Waals surface area contributed by atoms with E-state index in [0.29, 0.717) is 28.9 Å². The third-order valence-electron chi connectivity index (χ3n) is 5.19. The van der Waals surface area contributed by atoms with Crippen molar-refractivity contribution < 1.29 is 18.7 Å². The predicted octanol–water partition coefficient (Wildman–Crippen LogP) is 2.78.